The maximum Gasteiger partial charge on any atom is 0.171 e. The third-order valence-electron chi connectivity index (χ3n) is 1.75. The Balaban J connectivity index is 2.85. The SMILES string of the molecule is COc1cccnc1N(C)CCCl. The van der Waals surface area contributed by atoms with Crippen LogP contribution in [0, 0.1) is 0 Å². The first-order valence-corrected chi connectivity index (χ1v) is 4.59. The van der Waals surface area contributed by atoms with Gasteiger partial charge in [-0.2, -0.15) is 0 Å². The van der Waals surface area contributed by atoms with Gasteiger partial charge < -0.3 is 9.64 Å². The van der Waals surface area contributed by atoms with Crippen LogP contribution in [0.1, 0.15) is 0 Å². The maximum atomic E-state index is 5.63. The number of nitrogens with zero attached hydrogens (tertiary/aromatic N) is 2. The molecule has 0 fully saturated rings. The zero-order valence-electron chi connectivity index (χ0n) is 7.83. The highest BCUT2D eigenvalue weighted by Crippen LogP contribution is 2.23. The summed E-state index contributed by atoms with van der Waals surface area (Å²) in [5.74, 6) is 2.18. The molecule has 1 aromatic rings. The first-order valence-electron chi connectivity index (χ1n) is 4.05. The van der Waals surface area contributed by atoms with Crippen molar-refractivity contribution in [1.29, 1.82) is 0 Å². The zero-order chi connectivity index (χ0) is 9.68. The molecule has 1 heterocycles. The number of alkyl halides is 1. The Morgan fingerprint density at radius 1 is 1.62 bits per heavy atom. The van der Waals surface area contributed by atoms with E-state index in [0.29, 0.717) is 5.88 Å². The van der Waals surface area contributed by atoms with Crippen molar-refractivity contribution in [3.63, 3.8) is 0 Å². The molecule has 4 heteroatoms. The number of halogens is 1. The molecule has 0 bridgehead atoms. The van der Waals surface area contributed by atoms with E-state index in [4.69, 9.17) is 16.3 Å². The quantitative estimate of drug-likeness (QED) is 0.693. The number of pyridine rings is 1. The number of ether oxygens (including phenoxy) is 1. The minimum Gasteiger partial charge on any atom is -0.493 e. The molecule has 3 nitrogen and oxygen atoms in total. The molecule has 0 aromatic carbocycles. The summed E-state index contributed by atoms with van der Waals surface area (Å²) in [4.78, 5) is 6.17. The highest BCUT2D eigenvalue weighted by molar-refractivity contribution is 6.18. The Hall–Kier alpha value is -0.960. The van der Waals surface area contributed by atoms with Crippen LogP contribution < -0.4 is 9.64 Å². The monoisotopic (exact) mass is 200 g/mol. The van der Waals surface area contributed by atoms with Crippen LogP contribution in [0.25, 0.3) is 0 Å². The predicted octanol–water partition coefficient (Wildman–Crippen LogP) is 1.77. The van der Waals surface area contributed by atoms with Gasteiger partial charge in [0, 0.05) is 25.7 Å². The van der Waals surface area contributed by atoms with Gasteiger partial charge in [0.25, 0.3) is 0 Å². The van der Waals surface area contributed by atoms with Crippen LogP contribution >= 0.6 is 11.6 Å². The molecule has 13 heavy (non-hydrogen) atoms. The molecule has 0 amide bonds. The van der Waals surface area contributed by atoms with E-state index in [2.05, 4.69) is 4.98 Å². The molecule has 1 aromatic heterocycles. The highest BCUT2D eigenvalue weighted by Gasteiger charge is 2.07. The number of hydrogen-bond donors (Lipinski definition) is 0. The second-order valence-corrected chi connectivity index (χ2v) is 3.02. The minimum absolute atomic E-state index is 0.580. The topological polar surface area (TPSA) is 25.4 Å². The summed E-state index contributed by atoms with van der Waals surface area (Å²) in [6, 6.07) is 3.73. The van der Waals surface area contributed by atoms with Gasteiger partial charge in [0.2, 0.25) is 0 Å². The van der Waals surface area contributed by atoms with Crippen molar-refractivity contribution in [3.8, 4) is 5.75 Å². The Morgan fingerprint density at radius 2 is 2.38 bits per heavy atom. The fourth-order valence-corrected chi connectivity index (χ4v) is 1.31. The summed E-state index contributed by atoms with van der Waals surface area (Å²) < 4.78 is 5.17. The summed E-state index contributed by atoms with van der Waals surface area (Å²) >= 11 is 5.63. The Morgan fingerprint density at radius 3 is 3.00 bits per heavy atom. The molecule has 0 spiro atoms. The summed E-state index contributed by atoms with van der Waals surface area (Å²) in [5, 5.41) is 0. The van der Waals surface area contributed by atoms with E-state index >= 15 is 0 Å². The largest absolute Gasteiger partial charge is 0.493 e. The summed E-state index contributed by atoms with van der Waals surface area (Å²) in [6.07, 6.45) is 1.74. The standard InChI is InChI=1S/C9H13ClN2O/c1-12(7-5-10)9-8(13-2)4-3-6-11-9/h3-4,6H,5,7H2,1-2H3. The predicted molar refractivity (Wildman–Crippen MR) is 54.8 cm³/mol. The molecule has 0 aliphatic heterocycles. The fraction of sp³-hybridized carbons (Fsp3) is 0.444. The van der Waals surface area contributed by atoms with Crippen molar-refractivity contribution in [2.75, 3.05) is 31.5 Å². The van der Waals surface area contributed by atoms with E-state index < -0.39 is 0 Å². The lowest BCUT2D eigenvalue weighted by Gasteiger charge is -2.18. The molecule has 0 saturated heterocycles. The molecule has 0 saturated carbocycles. The van der Waals surface area contributed by atoms with E-state index in [-0.39, 0.29) is 0 Å². The minimum atomic E-state index is 0.580. The normalized spacial score (nSPS) is 9.77. The van der Waals surface area contributed by atoms with Crippen LogP contribution in [0.3, 0.4) is 0 Å². The zero-order valence-corrected chi connectivity index (χ0v) is 8.58. The van der Waals surface area contributed by atoms with E-state index in [1.165, 1.54) is 0 Å². The highest BCUT2D eigenvalue weighted by atomic mass is 35.5. The summed E-state index contributed by atoms with van der Waals surface area (Å²) in [5.41, 5.74) is 0. The van der Waals surface area contributed by atoms with Crippen LogP contribution in [0.4, 0.5) is 5.82 Å². The van der Waals surface area contributed by atoms with Crippen LogP contribution in [0.15, 0.2) is 18.3 Å². The molecule has 72 valence electrons. The van der Waals surface area contributed by atoms with Crippen molar-refractivity contribution in [2.45, 2.75) is 0 Å². The Bertz CT molecular complexity index is 268. The fourth-order valence-electron chi connectivity index (χ4n) is 1.06. The van der Waals surface area contributed by atoms with Gasteiger partial charge in [-0.05, 0) is 12.1 Å². The van der Waals surface area contributed by atoms with E-state index in [1.54, 1.807) is 13.3 Å². The van der Waals surface area contributed by atoms with Crippen molar-refractivity contribution in [2.24, 2.45) is 0 Å². The number of hydrogen-bond acceptors (Lipinski definition) is 3. The average Bonchev–Trinajstić information content (AvgIpc) is 2.18. The van der Waals surface area contributed by atoms with Crippen LogP contribution in [-0.4, -0.2) is 31.6 Å². The molecular weight excluding hydrogens is 188 g/mol. The number of methoxy groups -OCH3 is 1. The third-order valence-corrected chi connectivity index (χ3v) is 1.92. The summed E-state index contributed by atoms with van der Waals surface area (Å²) in [7, 11) is 3.57. The third kappa shape index (κ3) is 2.49. The molecular formula is C9H13ClN2O. The van der Waals surface area contributed by atoms with Gasteiger partial charge in [0.05, 0.1) is 7.11 Å². The van der Waals surface area contributed by atoms with Crippen LogP contribution in [0.5, 0.6) is 5.75 Å². The number of aromatic nitrogens is 1. The molecule has 0 atom stereocenters. The van der Waals surface area contributed by atoms with Crippen LogP contribution in [0.2, 0.25) is 0 Å². The first kappa shape index (κ1) is 10.1. The molecule has 0 aliphatic carbocycles. The van der Waals surface area contributed by atoms with Gasteiger partial charge in [0.15, 0.2) is 11.6 Å². The van der Waals surface area contributed by atoms with Crippen molar-refractivity contribution in [3.05, 3.63) is 18.3 Å². The van der Waals surface area contributed by atoms with E-state index in [0.717, 1.165) is 18.1 Å². The van der Waals surface area contributed by atoms with Crippen LogP contribution in [-0.2, 0) is 0 Å². The van der Waals surface area contributed by atoms with Gasteiger partial charge in [-0.1, -0.05) is 0 Å². The summed E-state index contributed by atoms with van der Waals surface area (Å²) in [6.45, 7) is 0.759. The van der Waals surface area contributed by atoms with E-state index in [9.17, 15) is 0 Å². The van der Waals surface area contributed by atoms with Crippen molar-refractivity contribution in [1.82, 2.24) is 4.98 Å². The maximum absolute atomic E-state index is 5.63. The second-order valence-electron chi connectivity index (χ2n) is 2.64. The number of anilines is 1. The smallest absolute Gasteiger partial charge is 0.171 e. The van der Waals surface area contributed by atoms with Crippen molar-refractivity contribution < 1.29 is 4.74 Å². The average molecular weight is 201 g/mol. The van der Waals surface area contributed by atoms with Gasteiger partial charge in [-0.3, -0.25) is 0 Å². The van der Waals surface area contributed by atoms with Crippen molar-refractivity contribution >= 4 is 17.4 Å². The lowest BCUT2D eigenvalue weighted by atomic mass is 10.4. The van der Waals surface area contributed by atoms with Gasteiger partial charge in [0.1, 0.15) is 0 Å². The molecule has 0 aliphatic rings. The molecule has 0 unspecified atom stereocenters. The van der Waals surface area contributed by atoms with Gasteiger partial charge >= 0.3 is 0 Å². The molecule has 1 rings (SSSR count). The lowest BCUT2D eigenvalue weighted by Crippen LogP contribution is -2.21. The molecule has 0 radical (unpaired) electrons. The lowest BCUT2D eigenvalue weighted by molar-refractivity contribution is 0.413. The second kappa shape index (κ2) is 4.92. The first-order chi connectivity index (χ1) is 6.29. The Labute approximate surface area is 83.3 Å². The molecule has 0 N–H and O–H groups in total. The Kier molecular flexibility index (Phi) is 3.83. The van der Waals surface area contributed by atoms with Gasteiger partial charge in [-0.15, -0.1) is 11.6 Å². The number of rotatable bonds is 4. The van der Waals surface area contributed by atoms with Gasteiger partial charge in [-0.25, -0.2) is 4.98 Å². The van der Waals surface area contributed by atoms with E-state index in [1.807, 2.05) is 24.1 Å².